The molecule has 0 spiro atoms. The van der Waals surface area contributed by atoms with E-state index in [1.165, 1.54) is 77.9 Å². The lowest BCUT2D eigenvalue weighted by Crippen LogP contribution is -1.88. The molecule has 0 aliphatic rings. The third-order valence-electron chi connectivity index (χ3n) is 8.33. The Morgan fingerprint density at radius 3 is 0.795 bits per heavy atom. The molecule has 0 saturated carbocycles. The summed E-state index contributed by atoms with van der Waals surface area (Å²) in [5, 5.41) is 0. The van der Waals surface area contributed by atoms with E-state index in [1.807, 2.05) is 0 Å². The Bertz CT molecular complexity index is 1900. The van der Waals surface area contributed by atoms with Gasteiger partial charge in [0.2, 0.25) is 0 Å². The predicted octanol–water partition coefficient (Wildman–Crippen LogP) is 12.3. The molecule has 0 amide bonds. The summed E-state index contributed by atoms with van der Waals surface area (Å²) in [6.07, 6.45) is 0. The van der Waals surface area contributed by atoms with Gasteiger partial charge in [-0.2, -0.15) is 0 Å². The second kappa shape index (κ2) is 12.0. The van der Waals surface area contributed by atoms with E-state index in [0.29, 0.717) is 0 Å². The van der Waals surface area contributed by atoms with Crippen molar-refractivity contribution in [3.63, 3.8) is 0 Å². The summed E-state index contributed by atoms with van der Waals surface area (Å²) in [5.41, 5.74) is 17.2. The van der Waals surface area contributed by atoms with Crippen molar-refractivity contribution in [3.8, 4) is 66.8 Å². The second-order valence-electron chi connectivity index (χ2n) is 11.6. The predicted molar refractivity (Wildman–Crippen MR) is 189 cm³/mol. The van der Waals surface area contributed by atoms with E-state index in [1.54, 1.807) is 0 Å². The zero-order chi connectivity index (χ0) is 29.9. The highest BCUT2D eigenvalue weighted by atomic mass is 14.1. The van der Waals surface area contributed by atoms with Crippen LogP contribution in [0.1, 0.15) is 11.1 Å². The van der Waals surface area contributed by atoms with Crippen molar-refractivity contribution in [2.24, 2.45) is 0 Å². The molecule has 0 unspecified atom stereocenters. The third kappa shape index (κ3) is 5.89. The summed E-state index contributed by atoms with van der Waals surface area (Å²) in [7, 11) is 0. The second-order valence-corrected chi connectivity index (χ2v) is 11.6. The van der Waals surface area contributed by atoms with Gasteiger partial charge in [-0.25, -0.2) is 0 Å². The van der Waals surface area contributed by atoms with Crippen molar-refractivity contribution in [3.05, 3.63) is 181 Å². The standard InChI is InChI=1S/C44H34/c1-31-11-9-17-37(23-31)43-27-39(33-13-5-3-6-14-33)25-41(29-43)35-19-21-36(22-20-35)42-26-40(34-15-7-4-8-16-34)28-44(30-42)38-18-10-12-32(2)24-38/h3-30H,1-2H3. The van der Waals surface area contributed by atoms with Gasteiger partial charge in [-0.05, 0) is 117 Å². The van der Waals surface area contributed by atoms with Crippen molar-refractivity contribution in [2.45, 2.75) is 13.8 Å². The van der Waals surface area contributed by atoms with Gasteiger partial charge in [-0.3, -0.25) is 0 Å². The summed E-state index contributed by atoms with van der Waals surface area (Å²) < 4.78 is 0. The van der Waals surface area contributed by atoms with Crippen LogP contribution in [0.4, 0.5) is 0 Å². The number of hydrogen-bond acceptors (Lipinski definition) is 0. The van der Waals surface area contributed by atoms with Gasteiger partial charge >= 0.3 is 0 Å². The molecule has 7 aromatic rings. The fourth-order valence-electron chi connectivity index (χ4n) is 6.02. The van der Waals surface area contributed by atoms with Crippen molar-refractivity contribution < 1.29 is 0 Å². The fraction of sp³-hybridized carbons (Fsp3) is 0.0455. The molecular formula is C44H34. The van der Waals surface area contributed by atoms with E-state index < -0.39 is 0 Å². The van der Waals surface area contributed by atoms with E-state index in [0.717, 1.165) is 0 Å². The first-order valence-corrected chi connectivity index (χ1v) is 15.2. The molecule has 0 saturated heterocycles. The van der Waals surface area contributed by atoms with Gasteiger partial charge in [0.1, 0.15) is 0 Å². The van der Waals surface area contributed by atoms with Crippen LogP contribution in [-0.4, -0.2) is 0 Å². The summed E-state index contributed by atoms with van der Waals surface area (Å²) in [4.78, 5) is 0. The molecule has 7 aromatic carbocycles. The molecule has 0 heterocycles. The zero-order valence-electron chi connectivity index (χ0n) is 25.2. The van der Waals surface area contributed by atoms with E-state index in [9.17, 15) is 0 Å². The van der Waals surface area contributed by atoms with Crippen LogP contribution in [-0.2, 0) is 0 Å². The summed E-state index contributed by atoms with van der Waals surface area (Å²) in [5.74, 6) is 0. The lowest BCUT2D eigenvalue weighted by molar-refractivity contribution is 1.46. The smallest absolute Gasteiger partial charge is 0.0172 e. The molecule has 0 aromatic heterocycles. The van der Waals surface area contributed by atoms with Crippen LogP contribution in [0.25, 0.3) is 66.8 Å². The van der Waals surface area contributed by atoms with Crippen LogP contribution in [0.15, 0.2) is 170 Å². The van der Waals surface area contributed by atoms with Gasteiger partial charge in [0, 0.05) is 0 Å². The molecule has 0 aliphatic heterocycles. The van der Waals surface area contributed by atoms with Gasteiger partial charge in [-0.15, -0.1) is 0 Å². The highest BCUT2D eigenvalue weighted by Gasteiger charge is 2.11. The Labute approximate surface area is 261 Å². The fourth-order valence-corrected chi connectivity index (χ4v) is 6.02. The Balaban J connectivity index is 1.31. The first kappa shape index (κ1) is 27.4. The molecule has 0 radical (unpaired) electrons. The molecule has 0 N–H and O–H groups in total. The van der Waals surface area contributed by atoms with E-state index in [2.05, 4.69) is 184 Å². The van der Waals surface area contributed by atoms with Crippen LogP contribution in [0.5, 0.6) is 0 Å². The monoisotopic (exact) mass is 562 g/mol. The maximum Gasteiger partial charge on any atom is -0.0172 e. The Morgan fingerprint density at radius 2 is 0.477 bits per heavy atom. The van der Waals surface area contributed by atoms with Crippen molar-refractivity contribution in [1.82, 2.24) is 0 Å². The third-order valence-corrected chi connectivity index (χ3v) is 8.33. The summed E-state index contributed by atoms with van der Waals surface area (Å²) >= 11 is 0. The van der Waals surface area contributed by atoms with Crippen molar-refractivity contribution in [1.29, 1.82) is 0 Å². The van der Waals surface area contributed by atoms with Crippen molar-refractivity contribution >= 4 is 0 Å². The van der Waals surface area contributed by atoms with Gasteiger partial charge in [0.05, 0.1) is 0 Å². The molecule has 0 aliphatic carbocycles. The van der Waals surface area contributed by atoms with Crippen LogP contribution >= 0.6 is 0 Å². The summed E-state index contributed by atoms with van der Waals surface area (Å²) in [6.45, 7) is 4.31. The molecule has 44 heavy (non-hydrogen) atoms. The quantitative estimate of drug-likeness (QED) is 0.189. The minimum absolute atomic E-state index is 1.21. The molecule has 7 rings (SSSR count). The van der Waals surface area contributed by atoms with E-state index >= 15 is 0 Å². The molecule has 210 valence electrons. The zero-order valence-corrected chi connectivity index (χ0v) is 25.2. The normalized spacial score (nSPS) is 11.0. The summed E-state index contributed by atoms with van der Waals surface area (Å²) in [6, 6.07) is 61.8. The minimum atomic E-state index is 1.21. The number of benzene rings is 7. The highest BCUT2D eigenvalue weighted by Crippen LogP contribution is 2.36. The topological polar surface area (TPSA) is 0 Å². The molecule has 0 bridgehead atoms. The molecular weight excluding hydrogens is 528 g/mol. The molecule has 0 nitrogen and oxygen atoms in total. The van der Waals surface area contributed by atoms with Gasteiger partial charge in [0.25, 0.3) is 0 Å². The Hall–Kier alpha value is -5.46. The van der Waals surface area contributed by atoms with Crippen molar-refractivity contribution in [2.75, 3.05) is 0 Å². The largest absolute Gasteiger partial charge is 0.0622 e. The Morgan fingerprint density at radius 1 is 0.205 bits per heavy atom. The first-order valence-electron chi connectivity index (χ1n) is 15.2. The first-order chi connectivity index (χ1) is 21.6. The average molecular weight is 563 g/mol. The van der Waals surface area contributed by atoms with Gasteiger partial charge < -0.3 is 0 Å². The van der Waals surface area contributed by atoms with Gasteiger partial charge in [-0.1, -0.05) is 145 Å². The van der Waals surface area contributed by atoms with Crippen LogP contribution < -0.4 is 0 Å². The minimum Gasteiger partial charge on any atom is -0.0622 e. The molecule has 0 heteroatoms. The SMILES string of the molecule is Cc1cccc(-c2cc(-c3ccccc3)cc(-c3ccc(-c4cc(-c5ccccc5)cc(-c5cccc(C)c5)c4)cc3)c2)c1. The van der Waals surface area contributed by atoms with Gasteiger partial charge in [0.15, 0.2) is 0 Å². The number of rotatable bonds is 6. The molecule has 0 fully saturated rings. The maximum atomic E-state index is 2.32. The lowest BCUT2D eigenvalue weighted by Gasteiger charge is -2.14. The lowest BCUT2D eigenvalue weighted by atomic mass is 9.91. The number of hydrogen-bond donors (Lipinski definition) is 0. The van der Waals surface area contributed by atoms with Crippen LogP contribution in [0.3, 0.4) is 0 Å². The van der Waals surface area contributed by atoms with Crippen LogP contribution in [0, 0.1) is 13.8 Å². The van der Waals surface area contributed by atoms with E-state index in [-0.39, 0.29) is 0 Å². The van der Waals surface area contributed by atoms with Crippen LogP contribution in [0.2, 0.25) is 0 Å². The number of aryl methyl sites for hydroxylation is 2. The highest BCUT2D eigenvalue weighted by molar-refractivity contribution is 5.84. The Kier molecular flexibility index (Phi) is 7.49. The maximum absolute atomic E-state index is 2.32. The van der Waals surface area contributed by atoms with E-state index in [4.69, 9.17) is 0 Å². The molecule has 0 atom stereocenters. The average Bonchev–Trinajstić information content (AvgIpc) is 3.09.